The number of rotatable bonds is 9. The molecule has 0 radical (unpaired) electrons. The Morgan fingerprint density at radius 3 is 2.41 bits per heavy atom. The third kappa shape index (κ3) is 6.72. The van der Waals surface area contributed by atoms with Crippen LogP contribution >= 0.6 is 0 Å². The molecule has 1 unspecified atom stereocenters. The molecule has 0 aliphatic rings. The van der Waals surface area contributed by atoms with Crippen LogP contribution < -0.4 is 5.32 Å². The summed E-state index contributed by atoms with van der Waals surface area (Å²) in [4.78, 5) is 23.7. The molecule has 0 spiro atoms. The fraction of sp³-hybridized carbons (Fsp3) is 0.529. The molecule has 22 heavy (non-hydrogen) atoms. The standard InChI is InChI=1S/C17H25NO4/c1-4-21-15(19)12-18-16(14-8-6-5-7-9-14)17(20)22-11-10-13(2)3/h5-9,13,16,18H,4,10-12H2,1-3H3. The van der Waals surface area contributed by atoms with Crippen molar-refractivity contribution >= 4 is 11.9 Å². The van der Waals surface area contributed by atoms with Gasteiger partial charge in [-0.15, -0.1) is 0 Å². The maximum atomic E-state index is 12.3. The molecular formula is C17H25NO4. The van der Waals surface area contributed by atoms with E-state index < -0.39 is 12.0 Å². The first-order valence-electron chi connectivity index (χ1n) is 7.65. The van der Waals surface area contributed by atoms with Gasteiger partial charge in [-0.1, -0.05) is 44.2 Å². The summed E-state index contributed by atoms with van der Waals surface area (Å²) in [6.45, 7) is 6.54. The lowest BCUT2D eigenvalue weighted by molar-refractivity contribution is -0.147. The van der Waals surface area contributed by atoms with E-state index in [2.05, 4.69) is 19.2 Å². The summed E-state index contributed by atoms with van der Waals surface area (Å²) < 4.78 is 10.2. The highest BCUT2D eigenvalue weighted by Gasteiger charge is 2.22. The summed E-state index contributed by atoms with van der Waals surface area (Å²) in [6.07, 6.45) is 0.811. The van der Waals surface area contributed by atoms with E-state index in [1.165, 1.54) is 0 Å². The first-order valence-corrected chi connectivity index (χ1v) is 7.65. The number of carbonyl (C=O) groups is 2. The number of hydrogen-bond donors (Lipinski definition) is 1. The number of hydrogen-bond acceptors (Lipinski definition) is 5. The summed E-state index contributed by atoms with van der Waals surface area (Å²) in [5.41, 5.74) is 0.765. The largest absolute Gasteiger partial charge is 0.465 e. The maximum Gasteiger partial charge on any atom is 0.327 e. The Labute approximate surface area is 132 Å². The molecule has 0 aromatic heterocycles. The molecule has 1 aromatic rings. The van der Waals surface area contributed by atoms with E-state index in [-0.39, 0.29) is 12.5 Å². The van der Waals surface area contributed by atoms with E-state index in [9.17, 15) is 9.59 Å². The number of nitrogens with one attached hydrogen (secondary N) is 1. The Morgan fingerprint density at radius 1 is 1.14 bits per heavy atom. The van der Waals surface area contributed by atoms with E-state index >= 15 is 0 Å². The van der Waals surface area contributed by atoms with Crippen LogP contribution in [0.5, 0.6) is 0 Å². The van der Waals surface area contributed by atoms with Crippen molar-refractivity contribution in [3.8, 4) is 0 Å². The fourth-order valence-corrected chi connectivity index (χ4v) is 1.86. The Morgan fingerprint density at radius 2 is 1.82 bits per heavy atom. The van der Waals surface area contributed by atoms with Gasteiger partial charge < -0.3 is 9.47 Å². The highest BCUT2D eigenvalue weighted by Crippen LogP contribution is 2.15. The smallest absolute Gasteiger partial charge is 0.327 e. The summed E-state index contributed by atoms with van der Waals surface area (Å²) in [7, 11) is 0. The second-order valence-corrected chi connectivity index (χ2v) is 5.38. The third-order valence-corrected chi connectivity index (χ3v) is 3.06. The van der Waals surface area contributed by atoms with Gasteiger partial charge in [-0.2, -0.15) is 0 Å². The van der Waals surface area contributed by atoms with Crippen molar-refractivity contribution in [3.05, 3.63) is 35.9 Å². The van der Waals surface area contributed by atoms with E-state index in [0.29, 0.717) is 19.1 Å². The van der Waals surface area contributed by atoms with Crippen LogP contribution in [0.15, 0.2) is 30.3 Å². The molecule has 5 nitrogen and oxygen atoms in total. The van der Waals surface area contributed by atoms with Crippen LogP contribution in [0, 0.1) is 5.92 Å². The van der Waals surface area contributed by atoms with Crippen LogP contribution in [0.1, 0.15) is 38.8 Å². The molecule has 5 heteroatoms. The highest BCUT2D eigenvalue weighted by atomic mass is 16.5. The summed E-state index contributed by atoms with van der Waals surface area (Å²) in [5.74, 6) is -0.301. The van der Waals surface area contributed by atoms with E-state index in [0.717, 1.165) is 12.0 Å². The van der Waals surface area contributed by atoms with Crippen LogP contribution in [0.4, 0.5) is 0 Å². The van der Waals surface area contributed by atoms with Gasteiger partial charge >= 0.3 is 11.9 Å². The van der Waals surface area contributed by atoms with Crippen LogP contribution in [-0.4, -0.2) is 31.7 Å². The van der Waals surface area contributed by atoms with Crippen LogP contribution in [0.2, 0.25) is 0 Å². The van der Waals surface area contributed by atoms with Gasteiger partial charge in [-0.25, -0.2) is 4.79 Å². The van der Waals surface area contributed by atoms with Gasteiger partial charge in [-0.3, -0.25) is 10.1 Å². The topological polar surface area (TPSA) is 64.6 Å². The lowest BCUT2D eigenvalue weighted by Gasteiger charge is -2.18. The van der Waals surface area contributed by atoms with Crippen LogP contribution in [-0.2, 0) is 19.1 Å². The molecule has 1 atom stereocenters. The SMILES string of the molecule is CCOC(=O)CNC(C(=O)OCCC(C)C)c1ccccc1. The summed E-state index contributed by atoms with van der Waals surface area (Å²) >= 11 is 0. The van der Waals surface area contributed by atoms with Gasteiger partial charge in [0.15, 0.2) is 0 Å². The zero-order chi connectivity index (χ0) is 16.4. The van der Waals surface area contributed by atoms with Crippen molar-refractivity contribution in [1.82, 2.24) is 5.32 Å². The van der Waals surface area contributed by atoms with Gasteiger partial charge in [0.1, 0.15) is 6.04 Å². The molecule has 1 N–H and O–H groups in total. The number of esters is 2. The highest BCUT2D eigenvalue weighted by molar-refractivity contribution is 5.79. The third-order valence-electron chi connectivity index (χ3n) is 3.06. The van der Waals surface area contributed by atoms with Gasteiger partial charge in [0.05, 0.1) is 19.8 Å². The summed E-state index contributed by atoms with van der Waals surface area (Å²) in [6, 6.07) is 8.54. The molecular weight excluding hydrogens is 282 g/mol. The van der Waals surface area contributed by atoms with Crippen molar-refractivity contribution in [2.75, 3.05) is 19.8 Å². The zero-order valence-corrected chi connectivity index (χ0v) is 13.5. The molecule has 0 fully saturated rings. The number of ether oxygens (including phenoxy) is 2. The predicted octanol–water partition coefficient (Wildman–Crippen LogP) is 2.47. The average molecular weight is 307 g/mol. The second kappa shape index (κ2) is 9.95. The molecule has 0 aliphatic heterocycles. The Balaban J connectivity index is 2.66. The molecule has 122 valence electrons. The Bertz CT molecular complexity index is 459. The van der Waals surface area contributed by atoms with Gasteiger partial charge in [0, 0.05) is 0 Å². The number of carbonyl (C=O) groups excluding carboxylic acids is 2. The Hall–Kier alpha value is -1.88. The predicted molar refractivity (Wildman–Crippen MR) is 84.2 cm³/mol. The monoisotopic (exact) mass is 307 g/mol. The van der Waals surface area contributed by atoms with Crippen molar-refractivity contribution in [1.29, 1.82) is 0 Å². The quantitative estimate of drug-likeness (QED) is 0.710. The second-order valence-electron chi connectivity index (χ2n) is 5.38. The van der Waals surface area contributed by atoms with E-state index in [1.807, 2.05) is 30.3 Å². The van der Waals surface area contributed by atoms with E-state index in [1.54, 1.807) is 6.92 Å². The van der Waals surface area contributed by atoms with Crippen LogP contribution in [0.3, 0.4) is 0 Å². The summed E-state index contributed by atoms with van der Waals surface area (Å²) in [5, 5.41) is 2.91. The zero-order valence-electron chi connectivity index (χ0n) is 13.5. The fourth-order valence-electron chi connectivity index (χ4n) is 1.86. The maximum absolute atomic E-state index is 12.3. The molecule has 1 rings (SSSR count). The molecule has 0 saturated carbocycles. The molecule has 0 saturated heterocycles. The average Bonchev–Trinajstić information content (AvgIpc) is 2.48. The molecule has 0 amide bonds. The van der Waals surface area contributed by atoms with Crippen molar-refractivity contribution in [2.45, 2.75) is 33.2 Å². The number of benzene rings is 1. The molecule has 0 aliphatic carbocycles. The minimum absolute atomic E-state index is 0.0350. The van der Waals surface area contributed by atoms with Gasteiger partial charge in [0.25, 0.3) is 0 Å². The first kappa shape index (κ1) is 18.2. The first-order chi connectivity index (χ1) is 10.5. The lowest BCUT2D eigenvalue weighted by atomic mass is 10.1. The molecule has 1 aromatic carbocycles. The minimum Gasteiger partial charge on any atom is -0.465 e. The van der Waals surface area contributed by atoms with Crippen LogP contribution in [0.25, 0.3) is 0 Å². The lowest BCUT2D eigenvalue weighted by Crippen LogP contribution is -2.35. The minimum atomic E-state index is -0.669. The van der Waals surface area contributed by atoms with E-state index in [4.69, 9.17) is 9.47 Å². The van der Waals surface area contributed by atoms with Crippen molar-refractivity contribution < 1.29 is 19.1 Å². The molecule has 0 heterocycles. The Kier molecular flexibility index (Phi) is 8.22. The normalized spacial score (nSPS) is 12.0. The van der Waals surface area contributed by atoms with Crippen molar-refractivity contribution in [3.63, 3.8) is 0 Å². The molecule has 0 bridgehead atoms. The van der Waals surface area contributed by atoms with Gasteiger partial charge in [-0.05, 0) is 24.8 Å². The van der Waals surface area contributed by atoms with Crippen molar-refractivity contribution in [2.24, 2.45) is 5.92 Å². The van der Waals surface area contributed by atoms with Gasteiger partial charge in [0.2, 0.25) is 0 Å².